The van der Waals surface area contributed by atoms with Crippen molar-refractivity contribution in [1.29, 1.82) is 5.41 Å². The number of rotatable bonds is 6. The number of hydrogen-bond acceptors (Lipinski definition) is 5. The summed E-state index contributed by atoms with van der Waals surface area (Å²) in [5.74, 6) is -0.743. The molecule has 7 heteroatoms. The maximum Gasteiger partial charge on any atom is 0.356 e. The molecule has 0 bridgehead atoms. The smallest absolute Gasteiger partial charge is 0.356 e. The standard InChI is InChI=1S/C24H20N2O4S/c1-2-30-24(27)23-22(19-13-7-6-10-17(19)16-25)20-14-8-9-15-21(20)26(23)31(28,29)18-11-4-3-5-12-18/h3-16,25H,2H2,1H3. The molecule has 1 N–H and O–H groups in total. The Bertz CT molecular complexity index is 1390. The molecule has 0 aliphatic rings. The van der Waals surface area contributed by atoms with Crippen LogP contribution in [0.1, 0.15) is 23.0 Å². The highest BCUT2D eigenvalue weighted by atomic mass is 32.2. The fraction of sp³-hybridized carbons (Fsp3) is 0.0833. The largest absolute Gasteiger partial charge is 0.461 e. The van der Waals surface area contributed by atoms with Crippen LogP contribution in [0.15, 0.2) is 83.8 Å². The summed E-state index contributed by atoms with van der Waals surface area (Å²) in [5, 5.41) is 8.38. The van der Waals surface area contributed by atoms with Gasteiger partial charge in [-0.3, -0.25) is 0 Å². The van der Waals surface area contributed by atoms with Crippen LogP contribution < -0.4 is 0 Å². The van der Waals surface area contributed by atoms with E-state index in [-0.39, 0.29) is 17.2 Å². The molecule has 0 amide bonds. The minimum absolute atomic E-state index is 0.0631. The van der Waals surface area contributed by atoms with Crippen LogP contribution in [0.5, 0.6) is 0 Å². The number of hydrogen-bond donors (Lipinski definition) is 1. The van der Waals surface area contributed by atoms with Crippen molar-refractivity contribution in [3.8, 4) is 11.1 Å². The Hall–Kier alpha value is -3.71. The van der Waals surface area contributed by atoms with E-state index in [1.807, 2.05) is 0 Å². The third-order valence-corrected chi connectivity index (χ3v) is 6.70. The number of esters is 1. The van der Waals surface area contributed by atoms with Crippen molar-refractivity contribution >= 4 is 33.1 Å². The van der Waals surface area contributed by atoms with Gasteiger partial charge < -0.3 is 10.1 Å². The van der Waals surface area contributed by atoms with E-state index in [4.69, 9.17) is 10.1 Å². The van der Waals surface area contributed by atoms with Crippen LogP contribution in [-0.4, -0.2) is 31.2 Å². The van der Waals surface area contributed by atoms with Crippen LogP contribution >= 0.6 is 0 Å². The van der Waals surface area contributed by atoms with Gasteiger partial charge in [0.1, 0.15) is 0 Å². The van der Waals surface area contributed by atoms with Crippen LogP contribution in [0.3, 0.4) is 0 Å². The molecule has 0 saturated carbocycles. The summed E-state index contributed by atoms with van der Waals surface area (Å²) in [4.78, 5) is 13.2. The summed E-state index contributed by atoms with van der Waals surface area (Å²) >= 11 is 0. The van der Waals surface area contributed by atoms with Crippen molar-refractivity contribution in [3.63, 3.8) is 0 Å². The molecule has 0 atom stereocenters. The Balaban J connectivity index is 2.19. The van der Waals surface area contributed by atoms with E-state index in [1.165, 1.54) is 18.3 Å². The second-order valence-corrected chi connectivity index (χ2v) is 8.56. The zero-order valence-electron chi connectivity index (χ0n) is 16.8. The van der Waals surface area contributed by atoms with Crippen molar-refractivity contribution in [2.75, 3.05) is 6.61 Å². The van der Waals surface area contributed by atoms with Gasteiger partial charge in [0.2, 0.25) is 0 Å². The van der Waals surface area contributed by atoms with Crippen molar-refractivity contribution in [3.05, 3.63) is 90.1 Å². The number of nitrogens with one attached hydrogen (secondary N) is 1. The Kier molecular flexibility index (Phi) is 5.44. The predicted molar refractivity (Wildman–Crippen MR) is 120 cm³/mol. The van der Waals surface area contributed by atoms with Crippen LogP contribution in [-0.2, 0) is 14.8 Å². The number of para-hydroxylation sites is 1. The average molecular weight is 433 g/mol. The van der Waals surface area contributed by atoms with Gasteiger partial charge in [0.25, 0.3) is 10.0 Å². The van der Waals surface area contributed by atoms with Crippen LogP contribution in [0.4, 0.5) is 0 Å². The highest BCUT2D eigenvalue weighted by molar-refractivity contribution is 7.90. The molecule has 4 rings (SSSR count). The Morgan fingerprint density at radius 1 is 0.968 bits per heavy atom. The van der Waals surface area contributed by atoms with Gasteiger partial charge in [-0.1, -0.05) is 60.7 Å². The lowest BCUT2D eigenvalue weighted by molar-refractivity contribution is 0.0519. The van der Waals surface area contributed by atoms with E-state index in [0.717, 1.165) is 3.97 Å². The molecule has 0 saturated heterocycles. The minimum Gasteiger partial charge on any atom is -0.461 e. The van der Waals surface area contributed by atoms with Crippen LogP contribution in [0, 0.1) is 5.41 Å². The molecular formula is C24H20N2O4S. The first kappa shape index (κ1) is 20.6. The third-order valence-electron chi connectivity index (χ3n) is 4.97. The molecule has 6 nitrogen and oxygen atoms in total. The second kappa shape index (κ2) is 8.20. The van der Waals surface area contributed by atoms with Crippen molar-refractivity contribution in [2.45, 2.75) is 11.8 Å². The number of carbonyl (C=O) groups is 1. The third kappa shape index (κ3) is 3.43. The summed E-state index contributed by atoms with van der Waals surface area (Å²) in [6.07, 6.45) is 1.18. The fourth-order valence-corrected chi connectivity index (χ4v) is 5.20. The van der Waals surface area contributed by atoms with Gasteiger partial charge in [0.05, 0.1) is 17.0 Å². The zero-order chi connectivity index (χ0) is 22.0. The topological polar surface area (TPSA) is 89.2 Å². The van der Waals surface area contributed by atoms with E-state index in [9.17, 15) is 13.2 Å². The molecule has 0 aliphatic carbocycles. The van der Waals surface area contributed by atoms with Gasteiger partial charge >= 0.3 is 5.97 Å². The van der Waals surface area contributed by atoms with E-state index >= 15 is 0 Å². The van der Waals surface area contributed by atoms with E-state index in [2.05, 4.69) is 0 Å². The Morgan fingerprint density at radius 3 is 2.32 bits per heavy atom. The summed E-state index contributed by atoms with van der Waals surface area (Å²) < 4.78 is 33.7. The second-order valence-electron chi connectivity index (χ2n) is 6.78. The number of fused-ring (bicyclic) bond motifs is 1. The lowest BCUT2D eigenvalue weighted by Crippen LogP contribution is -2.20. The highest BCUT2D eigenvalue weighted by Gasteiger charge is 2.32. The molecular weight excluding hydrogens is 412 g/mol. The summed E-state index contributed by atoms with van der Waals surface area (Å²) in [6.45, 7) is 1.76. The van der Waals surface area contributed by atoms with Gasteiger partial charge in [0.15, 0.2) is 5.69 Å². The molecule has 4 aromatic rings. The van der Waals surface area contributed by atoms with Crippen molar-refractivity contribution < 1.29 is 17.9 Å². The van der Waals surface area contributed by atoms with Crippen molar-refractivity contribution in [1.82, 2.24) is 3.97 Å². The molecule has 1 heterocycles. The van der Waals surface area contributed by atoms with Gasteiger partial charge in [-0.2, -0.15) is 0 Å². The van der Waals surface area contributed by atoms with Gasteiger partial charge in [0, 0.05) is 17.2 Å². The monoisotopic (exact) mass is 432 g/mol. The van der Waals surface area contributed by atoms with E-state index in [1.54, 1.807) is 73.7 Å². The van der Waals surface area contributed by atoms with E-state index in [0.29, 0.717) is 27.6 Å². The molecule has 3 aromatic carbocycles. The molecule has 0 aliphatic heterocycles. The maximum absolute atomic E-state index is 13.7. The molecule has 1 aromatic heterocycles. The molecule has 156 valence electrons. The summed E-state index contributed by atoms with van der Waals surface area (Å²) in [7, 11) is -4.11. The van der Waals surface area contributed by atoms with Crippen LogP contribution in [0.25, 0.3) is 22.0 Å². The summed E-state index contributed by atoms with van der Waals surface area (Å²) in [5.41, 5.74) is 1.85. The molecule has 0 unspecified atom stereocenters. The van der Waals surface area contributed by atoms with Gasteiger partial charge in [-0.15, -0.1) is 0 Å². The summed E-state index contributed by atoms with van der Waals surface area (Å²) in [6, 6.07) is 22.0. The number of aromatic nitrogens is 1. The number of benzene rings is 3. The van der Waals surface area contributed by atoms with Gasteiger partial charge in [-0.25, -0.2) is 17.2 Å². The van der Waals surface area contributed by atoms with Gasteiger partial charge in [-0.05, 0) is 36.2 Å². The average Bonchev–Trinajstić information content (AvgIpc) is 3.16. The van der Waals surface area contributed by atoms with Crippen LogP contribution in [0.2, 0.25) is 0 Å². The molecule has 31 heavy (non-hydrogen) atoms. The predicted octanol–water partition coefficient (Wildman–Crippen LogP) is 4.72. The first-order valence-electron chi connectivity index (χ1n) is 9.71. The SMILES string of the molecule is CCOC(=O)c1c(-c2ccccc2C=N)c2ccccc2n1S(=O)(=O)c1ccccc1. The quantitative estimate of drug-likeness (QED) is 0.353. The Morgan fingerprint density at radius 2 is 1.61 bits per heavy atom. The fourth-order valence-electron chi connectivity index (χ4n) is 3.67. The lowest BCUT2D eigenvalue weighted by Gasteiger charge is -2.13. The van der Waals surface area contributed by atoms with E-state index < -0.39 is 16.0 Å². The number of carbonyl (C=O) groups excluding carboxylic acids is 1. The maximum atomic E-state index is 13.7. The molecule has 0 fully saturated rings. The number of ether oxygens (including phenoxy) is 1. The lowest BCUT2D eigenvalue weighted by atomic mass is 9.97. The minimum atomic E-state index is -4.11. The zero-order valence-corrected chi connectivity index (χ0v) is 17.6. The molecule has 0 spiro atoms. The normalized spacial score (nSPS) is 11.4. The first-order valence-corrected chi connectivity index (χ1v) is 11.2. The number of nitrogens with zero attached hydrogens (tertiary/aromatic N) is 1. The molecule has 0 radical (unpaired) electrons. The Labute approximate surface area is 180 Å². The highest BCUT2D eigenvalue weighted by Crippen LogP contribution is 2.39. The van der Waals surface area contributed by atoms with Crippen molar-refractivity contribution in [2.24, 2.45) is 0 Å². The first-order chi connectivity index (χ1) is 15.0.